The first-order chi connectivity index (χ1) is 7.35. The van der Waals surface area contributed by atoms with Gasteiger partial charge in [0.25, 0.3) is 0 Å². The van der Waals surface area contributed by atoms with E-state index in [1.807, 2.05) is 12.5 Å². The summed E-state index contributed by atoms with van der Waals surface area (Å²) in [5.74, 6) is 0.558. The van der Waals surface area contributed by atoms with Crippen molar-refractivity contribution < 1.29 is 0 Å². The lowest BCUT2D eigenvalue weighted by molar-refractivity contribution is 0.184. The van der Waals surface area contributed by atoms with Crippen LogP contribution in [0.25, 0.3) is 0 Å². The van der Waals surface area contributed by atoms with Gasteiger partial charge in [-0.15, -0.1) is 11.6 Å². The zero-order valence-corrected chi connectivity index (χ0v) is 9.95. The van der Waals surface area contributed by atoms with Gasteiger partial charge in [-0.05, 0) is 25.9 Å². The number of piperidine rings is 1. The van der Waals surface area contributed by atoms with E-state index in [2.05, 4.69) is 21.4 Å². The van der Waals surface area contributed by atoms with Crippen molar-refractivity contribution in [2.75, 3.05) is 19.6 Å². The summed E-state index contributed by atoms with van der Waals surface area (Å²) in [6.45, 7) is 5.73. The smallest absolute Gasteiger partial charge is 0.0951 e. The molecule has 0 saturated carbocycles. The molecule has 0 amide bonds. The molecule has 2 heterocycles. The van der Waals surface area contributed by atoms with Crippen LogP contribution >= 0.6 is 11.6 Å². The first kappa shape index (κ1) is 11.0. The van der Waals surface area contributed by atoms with E-state index >= 15 is 0 Å². The van der Waals surface area contributed by atoms with Crippen LogP contribution < -0.4 is 0 Å². The normalized spacial score (nSPS) is 23.2. The van der Waals surface area contributed by atoms with Crippen LogP contribution in [-0.2, 0) is 5.88 Å². The molecule has 0 aromatic carbocycles. The van der Waals surface area contributed by atoms with Crippen LogP contribution in [0.1, 0.15) is 31.5 Å². The van der Waals surface area contributed by atoms with Crippen LogP contribution in [0.2, 0.25) is 0 Å². The summed E-state index contributed by atoms with van der Waals surface area (Å²) in [6, 6.07) is 0.565. The highest BCUT2D eigenvalue weighted by atomic mass is 35.5. The number of halogens is 1. The van der Waals surface area contributed by atoms with Gasteiger partial charge in [0.15, 0.2) is 0 Å². The molecule has 1 aliphatic heterocycles. The van der Waals surface area contributed by atoms with E-state index in [1.54, 1.807) is 0 Å². The molecule has 1 aromatic rings. The van der Waals surface area contributed by atoms with E-state index < -0.39 is 0 Å². The van der Waals surface area contributed by atoms with Crippen LogP contribution in [0.15, 0.2) is 12.5 Å². The Balaban J connectivity index is 2.09. The minimum absolute atomic E-state index is 0.558. The Labute approximate surface area is 96.0 Å². The van der Waals surface area contributed by atoms with Crippen molar-refractivity contribution in [3.05, 3.63) is 18.2 Å². The monoisotopic (exact) mass is 227 g/mol. The fourth-order valence-electron chi connectivity index (χ4n) is 2.31. The van der Waals surface area contributed by atoms with Crippen LogP contribution in [0, 0.1) is 0 Å². The second-order valence-corrected chi connectivity index (χ2v) is 4.38. The van der Waals surface area contributed by atoms with Gasteiger partial charge in [-0.3, -0.25) is 0 Å². The van der Waals surface area contributed by atoms with Gasteiger partial charge in [0.1, 0.15) is 0 Å². The van der Waals surface area contributed by atoms with Crippen LogP contribution in [0.4, 0.5) is 0 Å². The predicted molar refractivity (Wildman–Crippen MR) is 62.2 cm³/mol. The van der Waals surface area contributed by atoms with Crippen LogP contribution in [0.3, 0.4) is 0 Å². The van der Waals surface area contributed by atoms with E-state index in [0.717, 1.165) is 18.8 Å². The lowest BCUT2D eigenvalue weighted by Crippen LogP contribution is -2.36. The molecule has 1 aromatic heterocycles. The van der Waals surface area contributed by atoms with Crippen molar-refractivity contribution in [3.8, 4) is 0 Å². The summed E-state index contributed by atoms with van der Waals surface area (Å²) in [7, 11) is 0. The van der Waals surface area contributed by atoms with Crippen molar-refractivity contribution in [1.29, 1.82) is 0 Å². The van der Waals surface area contributed by atoms with E-state index in [4.69, 9.17) is 11.6 Å². The summed E-state index contributed by atoms with van der Waals surface area (Å²) in [5, 5.41) is 0. The second kappa shape index (κ2) is 4.99. The van der Waals surface area contributed by atoms with Gasteiger partial charge in [0.2, 0.25) is 0 Å². The highest BCUT2D eigenvalue weighted by Crippen LogP contribution is 2.23. The fourth-order valence-corrected chi connectivity index (χ4v) is 2.52. The predicted octanol–water partition coefficient (Wildman–Crippen LogP) is 2.28. The van der Waals surface area contributed by atoms with Gasteiger partial charge < -0.3 is 9.47 Å². The number of hydrogen-bond donors (Lipinski definition) is 0. The molecule has 4 heteroatoms. The first-order valence-electron chi connectivity index (χ1n) is 5.64. The topological polar surface area (TPSA) is 21.1 Å². The molecular weight excluding hydrogens is 210 g/mol. The van der Waals surface area contributed by atoms with Crippen molar-refractivity contribution in [1.82, 2.24) is 14.5 Å². The number of likely N-dealkylation sites (tertiary alicyclic amines) is 1. The minimum atomic E-state index is 0.558. The first-order valence-corrected chi connectivity index (χ1v) is 6.17. The van der Waals surface area contributed by atoms with Gasteiger partial charge in [0, 0.05) is 18.8 Å². The number of nitrogens with zero attached hydrogens (tertiary/aromatic N) is 3. The average Bonchev–Trinajstić information content (AvgIpc) is 2.77. The average molecular weight is 228 g/mol. The summed E-state index contributed by atoms with van der Waals surface area (Å²) < 4.78 is 2.24. The van der Waals surface area contributed by atoms with Crippen LogP contribution in [0.5, 0.6) is 0 Å². The molecule has 2 rings (SSSR count). The molecule has 15 heavy (non-hydrogen) atoms. The Morgan fingerprint density at radius 3 is 3.20 bits per heavy atom. The lowest BCUT2D eigenvalue weighted by Gasteiger charge is -2.33. The fraction of sp³-hybridized carbons (Fsp3) is 0.727. The molecule has 1 unspecified atom stereocenters. The second-order valence-electron chi connectivity index (χ2n) is 4.12. The van der Waals surface area contributed by atoms with E-state index in [0.29, 0.717) is 11.9 Å². The maximum atomic E-state index is 5.89. The molecule has 0 aliphatic carbocycles. The molecule has 0 spiro atoms. The number of alkyl halides is 1. The van der Waals surface area contributed by atoms with Gasteiger partial charge in [0.05, 0.1) is 17.9 Å². The molecule has 1 aliphatic rings. The number of imidazole rings is 1. The summed E-state index contributed by atoms with van der Waals surface area (Å²) >= 11 is 5.89. The highest BCUT2D eigenvalue weighted by molar-refractivity contribution is 6.16. The Hall–Kier alpha value is -0.540. The summed E-state index contributed by atoms with van der Waals surface area (Å²) in [4.78, 5) is 6.67. The van der Waals surface area contributed by atoms with E-state index in [-0.39, 0.29) is 0 Å². The molecule has 84 valence electrons. The highest BCUT2D eigenvalue weighted by Gasteiger charge is 2.21. The van der Waals surface area contributed by atoms with Crippen molar-refractivity contribution >= 4 is 11.6 Å². The molecule has 1 fully saturated rings. The van der Waals surface area contributed by atoms with Crippen molar-refractivity contribution in [2.45, 2.75) is 31.7 Å². The largest absolute Gasteiger partial charge is 0.329 e. The molecular formula is C11H18ClN3. The Morgan fingerprint density at radius 1 is 1.60 bits per heavy atom. The van der Waals surface area contributed by atoms with Crippen LogP contribution in [-0.4, -0.2) is 34.1 Å². The summed E-state index contributed by atoms with van der Waals surface area (Å²) in [6.07, 6.45) is 6.31. The number of aromatic nitrogens is 2. The zero-order chi connectivity index (χ0) is 10.7. The quantitative estimate of drug-likeness (QED) is 0.739. The SMILES string of the molecule is CCN1CCCC(n2cncc2CCl)C1. The van der Waals surface area contributed by atoms with E-state index in [9.17, 15) is 0 Å². The van der Waals surface area contributed by atoms with Crippen molar-refractivity contribution in [2.24, 2.45) is 0 Å². The van der Waals surface area contributed by atoms with Gasteiger partial charge in [-0.25, -0.2) is 4.98 Å². The molecule has 0 radical (unpaired) electrons. The third-order valence-electron chi connectivity index (χ3n) is 3.20. The number of hydrogen-bond acceptors (Lipinski definition) is 2. The maximum absolute atomic E-state index is 5.89. The van der Waals surface area contributed by atoms with Gasteiger partial charge in [-0.2, -0.15) is 0 Å². The Bertz CT molecular complexity index is 311. The zero-order valence-electron chi connectivity index (χ0n) is 9.19. The van der Waals surface area contributed by atoms with Gasteiger partial charge >= 0.3 is 0 Å². The Kier molecular flexibility index (Phi) is 3.65. The molecule has 3 nitrogen and oxygen atoms in total. The van der Waals surface area contributed by atoms with E-state index in [1.165, 1.54) is 19.4 Å². The number of likely N-dealkylation sites (N-methyl/N-ethyl adjacent to an activating group) is 1. The van der Waals surface area contributed by atoms with Crippen molar-refractivity contribution in [3.63, 3.8) is 0 Å². The standard InChI is InChI=1S/C11H18ClN3/c1-2-14-5-3-4-10(8-14)15-9-13-7-11(15)6-12/h7,9-10H,2-6,8H2,1H3. The molecule has 0 bridgehead atoms. The minimum Gasteiger partial charge on any atom is -0.329 e. The lowest BCUT2D eigenvalue weighted by atomic mass is 10.1. The number of rotatable bonds is 3. The third-order valence-corrected chi connectivity index (χ3v) is 3.48. The van der Waals surface area contributed by atoms with Gasteiger partial charge in [-0.1, -0.05) is 6.92 Å². The Morgan fingerprint density at radius 2 is 2.47 bits per heavy atom. The summed E-state index contributed by atoms with van der Waals surface area (Å²) in [5.41, 5.74) is 1.14. The molecule has 1 atom stereocenters. The maximum Gasteiger partial charge on any atom is 0.0951 e. The molecule has 0 N–H and O–H groups in total. The third kappa shape index (κ3) is 2.34. The molecule has 1 saturated heterocycles.